The molecule has 1 rings (SSSR count). The van der Waals surface area contributed by atoms with Crippen molar-refractivity contribution in [3.05, 3.63) is 35.4 Å². The van der Waals surface area contributed by atoms with E-state index < -0.39 is 0 Å². The summed E-state index contributed by atoms with van der Waals surface area (Å²) in [4.78, 5) is 0. The van der Waals surface area contributed by atoms with Crippen molar-refractivity contribution in [1.29, 1.82) is 0 Å². The summed E-state index contributed by atoms with van der Waals surface area (Å²) < 4.78 is 0. The van der Waals surface area contributed by atoms with Crippen LogP contribution in [-0.2, 0) is 6.61 Å². The van der Waals surface area contributed by atoms with Crippen LogP contribution in [0.5, 0.6) is 0 Å². The van der Waals surface area contributed by atoms with E-state index >= 15 is 0 Å². The molecule has 1 N–H and O–H groups in total. The van der Waals surface area contributed by atoms with Crippen molar-refractivity contribution in [3.63, 3.8) is 0 Å². The van der Waals surface area contributed by atoms with Crippen molar-refractivity contribution in [2.24, 2.45) is 0 Å². The Morgan fingerprint density at radius 2 is 2.44 bits per heavy atom. The van der Waals surface area contributed by atoms with Crippen LogP contribution in [0.1, 0.15) is 11.1 Å². The predicted octanol–water partition coefficient (Wildman–Crippen LogP) is 1.29. The Bertz CT molecular complexity index is 194. The molecule has 0 aliphatic heterocycles. The van der Waals surface area contributed by atoms with Gasteiger partial charge in [-0.25, -0.2) is 0 Å². The molecule has 1 radical (unpaired) electrons. The van der Waals surface area contributed by atoms with Gasteiger partial charge in [0, 0.05) is 0 Å². The highest BCUT2D eigenvalue weighted by Gasteiger charge is 1.90. The van der Waals surface area contributed by atoms with Crippen LogP contribution in [0, 0.1) is 13.0 Å². The van der Waals surface area contributed by atoms with E-state index in [2.05, 4.69) is 6.07 Å². The van der Waals surface area contributed by atoms with Gasteiger partial charge in [0.1, 0.15) is 0 Å². The van der Waals surface area contributed by atoms with Crippen LogP contribution in [0.25, 0.3) is 0 Å². The number of benzene rings is 1. The molecule has 9 heavy (non-hydrogen) atoms. The molecule has 1 nitrogen and oxygen atoms in total. The molecule has 0 saturated carbocycles. The molecule has 0 fully saturated rings. The zero-order valence-electron chi connectivity index (χ0n) is 5.39. The highest BCUT2D eigenvalue weighted by molar-refractivity contribution is 5.23. The van der Waals surface area contributed by atoms with E-state index in [4.69, 9.17) is 5.11 Å². The van der Waals surface area contributed by atoms with E-state index in [1.807, 2.05) is 19.1 Å². The Kier molecular flexibility index (Phi) is 1.85. The maximum atomic E-state index is 8.70. The number of aryl methyl sites for hydroxylation is 1. The summed E-state index contributed by atoms with van der Waals surface area (Å²) in [6, 6.07) is 8.47. The molecule has 0 spiro atoms. The van der Waals surface area contributed by atoms with Gasteiger partial charge in [0.2, 0.25) is 0 Å². The summed E-state index contributed by atoms with van der Waals surface area (Å²) in [5.74, 6) is 0. The Morgan fingerprint density at radius 3 is 2.89 bits per heavy atom. The van der Waals surface area contributed by atoms with Crippen molar-refractivity contribution in [1.82, 2.24) is 0 Å². The van der Waals surface area contributed by atoms with Crippen LogP contribution in [0.2, 0.25) is 0 Å². The van der Waals surface area contributed by atoms with Crippen molar-refractivity contribution < 1.29 is 5.11 Å². The largest absolute Gasteiger partial charge is 0.392 e. The Balaban J connectivity index is 3.01. The molecular formula is C8H9O. The van der Waals surface area contributed by atoms with Gasteiger partial charge in [-0.2, -0.15) is 0 Å². The lowest BCUT2D eigenvalue weighted by Crippen LogP contribution is -1.85. The van der Waals surface area contributed by atoms with Gasteiger partial charge in [-0.15, -0.1) is 0 Å². The lowest BCUT2D eigenvalue weighted by molar-refractivity contribution is 0.281. The molecule has 0 atom stereocenters. The number of aliphatic hydroxyl groups is 1. The van der Waals surface area contributed by atoms with E-state index in [0.717, 1.165) is 11.1 Å². The van der Waals surface area contributed by atoms with E-state index in [1.165, 1.54) is 0 Å². The minimum absolute atomic E-state index is 0.114. The molecule has 0 aromatic heterocycles. The molecule has 0 bridgehead atoms. The van der Waals surface area contributed by atoms with Crippen molar-refractivity contribution in [3.8, 4) is 0 Å². The Hall–Kier alpha value is -0.820. The normalized spacial score (nSPS) is 9.56. The Morgan fingerprint density at radius 1 is 1.67 bits per heavy atom. The molecule has 0 saturated heterocycles. The fourth-order valence-corrected chi connectivity index (χ4v) is 0.713. The fraction of sp³-hybridized carbons (Fsp3) is 0.250. The minimum atomic E-state index is 0.114. The zero-order valence-corrected chi connectivity index (χ0v) is 5.39. The first kappa shape index (κ1) is 6.30. The lowest BCUT2D eigenvalue weighted by atomic mass is 10.1. The molecule has 1 aromatic rings. The number of hydrogen-bond donors (Lipinski definition) is 1. The maximum absolute atomic E-state index is 8.70. The second kappa shape index (κ2) is 2.65. The molecule has 0 aliphatic rings. The topological polar surface area (TPSA) is 20.2 Å². The van der Waals surface area contributed by atoms with Gasteiger partial charge in [0.05, 0.1) is 6.61 Å². The first-order chi connectivity index (χ1) is 4.34. The summed E-state index contributed by atoms with van der Waals surface area (Å²) in [7, 11) is 0. The van der Waals surface area contributed by atoms with Gasteiger partial charge >= 0.3 is 0 Å². The SMILES string of the molecule is Cc1cc[c]cc1CO. The highest BCUT2D eigenvalue weighted by Crippen LogP contribution is 2.04. The average molecular weight is 121 g/mol. The van der Waals surface area contributed by atoms with Crippen LogP contribution in [0.3, 0.4) is 0 Å². The maximum Gasteiger partial charge on any atom is 0.0684 e. The van der Waals surface area contributed by atoms with Crippen LogP contribution < -0.4 is 0 Å². The third kappa shape index (κ3) is 1.30. The monoisotopic (exact) mass is 121 g/mol. The van der Waals surface area contributed by atoms with E-state index in [9.17, 15) is 0 Å². The summed E-state index contributed by atoms with van der Waals surface area (Å²) in [5.41, 5.74) is 2.08. The average Bonchev–Trinajstić information content (AvgIpc) is 1.89. The van der Waals surface area contributed by atoms with Crippen LogP contribution in [0.15, 0.2) is 18.2 Å². The summed E-state index contributed by atoms with van der Waals surface area (Å²) in [6.45, 7) is 2.09. The van der Waals surface area contributed by atoms with Crippen molar-refractivity contribution in [2.45, 2.75) is 13.5 Å². The highest BCUT2D eigenvalue weighted by atomic mass is 16.3. The molecule has 0 heterocycles. The van der Waals surface area contributed by atoms with Gasteiger partial charge in [0.25, 0.3) is 0 Å². The minimum Gasteiger partial charge on any atom is -0.392 e. The first-order valence-corrected chi connectivity index (χ1v) is 2.91. The third-order valence-electron chi connectivity index (χ3n) is 1.36. The quantitative estimate of drug-likeness (QED) is 0.593. The summed E-state index contributed by atoms with van der Waals surface area (Å²) in [6.07, 6.45) is 0. The molecular weight excluding hydrogens is 112 g/mol. The number of hydrogen-bond acceptors (Lipinski definition) is 1. The predicted molar refractivity (Wildman–Crippen MR) is 35.9 cm³/mol. The van der Waals surface area contributed by atoms with Gasteiger partial charge in [-0.1, -0.05) is 12.1 Å². The van der Waals surface area contributed by atoms with E-state index in [-0.39, 0.29) is 6.61 Å². The zero-order chi connectivity index (χ0) is 6.69. The number of aliphatic hydroxyl groups excluding tert-OH is 1. The van der Waals surface area contributed by atoms with Gasteiger partial charge in [-0.3, -0.25) is 0 Å². The van der Waals surface area contributed by atoms with Gasteiger partial charge < -0.3 is 5.11 Å². The second-order valence-corrected chi connectivity index (χ2v) is 2.01. The molecule has 1 aromatic carbocycles. The fourth-order valence-electron chi connectivity index (χ4n) is 0.713. The third-order valence-corrected chi connectivity index (χ3v) is 1.36. The molecule has 0 aliphatic carbocycles. The molecule has 47 valence electrons. The van der Waals surface area contributed by atoms with Crippen LogP contribution >= 0.6 is 0 Å². The van der Waals surface area contributed by atoms with Crippen molar-refractivity contribution >= 4 is 0 Å². The Labute approximate surface area is 55.0 Å². The summed E-state index contributed by atoms with van der Waals surface area (Å²) >= 11 is 0. The molecule has 0 unspecified atom stereocenters. The van der Waals surface area contributed by atoms with Gasteiger partial charge in [0.15, 0.2) is 0 Å². The molecule has 1 heteroatoms. The van der Waals surface area contributed by atoms with Gasteiger partial charge in [-0.05, 0) is 30.2 Å². The first-order valence-electron chi connectivity index (χ1n) is 2.91. The lowest BCUT2D eigenvalue weighted by Gasteiger charge is -1.97. The van der Waals surface area contributed by atoms with Crippen LogP contribution in [-0.4, -0.2) is 5.11 Å². The van der Waals surface area contributed by atoms with Crippen LogP contribution in [0.4, 0.5) is 0 Å². The smallest absolute Gasteiger partial charge is 0.0684 e. The summed E-state index contributed by atoms with van der Waals surface area (Å²) in [5, 5.41) is 8.70. The second-order valence-electron chi connectivity index (χ2n) is 2.01. The van der Waals surface area contributed by atoms with E-state index in [1.54, 1.807) is 6.07 Å². The standard InChI is InChI=1S/C8H9O/c1-7-4-2-3-5-8(7)6-9/h2,4-5,9H,6H2,1H3. The number of rotatable bonds is 1. The molecule has 0 amide bonds. The van der Waals surface area contributed by atoms with Crippen molar-refractivity contribution in [2.75, 3.05) is 0 Å². The van der Waals surface area contributed by atoms with E-state index in [0.29, 0.717) is 0 Å².